The van der Waals surface area contributed by atoms with Crippen molar-refractivity contribution in [3.05, 3.63) is 40.5 Å². The Morgan fingerprint density at radius 2 is 2.15 bits per heavy atom. The van der Waals surface area contributed by atoms with Gasteiger partial charge >= 0.3 is 0 Å². The van der Waals surface area contributed by atoms with Crippen molar-refractivity contribution in [2.45, 2.75) is 63.0 Å². The van der Waals surface area contributed by atoms with Crippen LogP contribution in [0.2, 0.25) is 5.02 Å². The molecule has 1 aromatic heterocycles. The number of nitrogens with one attached hydrogen (secondary N) is 1. The van der Waals surface area contributed by atoms with Gasteiger partial charge in [0.2, 0.25) is 5.89 Å². The molecule has 1 heterocycles. The number of hydrogen-bond donors (Lipinski definition) is 2. The van der Waals surface area contributed by atoms with Gasteiger partial charge in [-0.1, -0.05) is 35.7 Å². The SMILES string of the molecule is Cc1ccc(Cl)c(OCC(O)CNC2(c3noc(C4CC4)n3)CCCC2)c1. The molecule has 2 N–H and O–H groups in total. The lowest BCUT2D eigenvalue weighted by Gasteiger charge is -2.28. The monoisotopic (exact) mass is 391 g/mol. The summed E-state index contributed by atoms with van der Waals surface area (Å²) in [5.41, 5.74) is 0.758. The Bertz CT molecular complexity index is 785. The molecule has 0 bridgehead atoms. The predicted molar refractivity (Wildman–Crippen MR) is 102 cm³/mol. The van der Waals surface area contributed by atoms with Crippen LogP contribution in [0, 0.1) is 6.92 Å². The van der Waals surface area contributed by atoms with Crippen molar-refractivity contribution in [2.24, 2.45) is 0 Å². The van der Waals surface area contributed by atoms with Crippen LogP contribution in [-0.2, 0) is 5.54 Å². The Hall–Kier alpha value is -1.63. The number of aryl methyl sites for hydroxylation is 1. The van der Waals surface area contributed by atoms with Crippen LogP contribution in [0.1, 0.15) is 61.7 Å². The van der Waals surface area contributed by atoms with Crippen molar-refractivity contribution >= 4 is 11.6 Å². The molecule has 1 unspecified atom stereocenters. The Kier molecular flexibility index (Phi) is 5.39. The van der Waals surface area contributed by atoms with Crippen molar-refractivity contribution in [3.63, 3.8) is 0 Å². The number of aliphatic hydroxyl groups excluding tert-OH is 1. The maximum atomic E-state index is 10.4. The average molecular weight is 392 g/mol. The summed E-state index contributed by atoms with van der Waals surface area (Å²) in [7, 11) is 0. The van der Waals surface area contributed by atoms with Crippen LogP contribution in [0.5, 0.6) is 5.75 Å². The fraction of sp³-hybridized carbons (Fsp3) is 0.600. The number of ether oxygens (including phenoxy) is 1. The number of hydrogen-bond acceptors (Lipinski definition) is 6. The molecule has 2 aliphatic rings. The molecule has 0 saturated heterocycles. The summed E-state index contributed by atoms with van der Waals surface area (Å²) in [6, 6.07) is 5.61. The summed E-state index contributed by atoms with van der Waals surface area (Å²) in [4.78, 5) is 4.65. The number of benzene rings is 1. The molecule has 146 valence electrons. The minimum Gasteiger partial charge on any atom is -0.489 e. The second-order valence-electron chi connectivity index (χ2n) is 7.80. The Labute approximate surface area is 164 Å². The van der Waals surface area contributed by atoms with Crippen LogP contribution in [0.3, 0.4) is 0 Å². The molecule has 2 aromatic rings. The number of halogens is 1. The van der Waals surface area contributed by atoms with E-state index < -0.39 is 6.10 Å². The molecule has 2 aliphatic carbocycles. The third-order valence-corrected chi connectivity index (χ3v) is 5.76. The maximum absolute atomic E-state index is 10.4. The summed E-state index contributed by atoms with van der Waals surface area (Å²) in [5.74, 6) is 2.54. The van der Waals surface area contributed by atoms with Crippen LogP contribution in [0.25, 0.3) is 0 Å². The summed E-state index contributed by atoms with van der Waals surface area (Å²) < 4.78 is 11.2. The molecule has 1 aromatic carbocycles. The third-order valence-electron chi connectivity index (χ3n) is 5.45. The number of aliphatic hydroxyl groups is 1. The zero-order valence-electron chi connectivity index (χ0n) is 15.6. The highest BCUT2D eigenvalue weighted by Gasteiger charge is 2.41. The van der Waals surface area contributed by atoms with Gasteiger partial charge in [0.05, 0.1) is 10.6 Å². The van der Waals surface area contributed by atoms with Crippen LogP contribution >= 0.6 is 11.6 Å². The minimum atomic E-state index is -0.658. The van der Waals surface area contributed by atoms with Gasteiger partial charge in [0.25, 0.3) is 0 Å². The van der Waals surface area contributed by atoms with E-state index in [4.69, 9.17) is 20.9 Å². The number of rotatable bonds is 8. The second kappa shape index (κ2) is 7.78. The number of aromatic nitrogens is 2. The molecule has 0 amide bonds. The van der Waals surface area contributed by atoms with Gasteiger partial charge in [0.15, 0.2) is 5.82 Å². The lowest BCUT2D eigenvalue weighted by Crippen LogP contribution is -2.45. The average Bonchev–Trinajstić information content (AvgIpc) is 3.19. The van der Waals surface area contributed by atoms with E-state index in [9.17, 15) is 5.11 Å². The molecule has 27 heavy (non-hydrogen) atoms. The van der Waals surface area contributed by atoms with Gasteiger partial charge in [-0.05, 0) is 50.3 Å². The molecular weight excluding hydrogens is 366 g/mol. The fourth-order valence-corrected chi connectivity index (χ4v) is 3.84. The first-order chi connectivity index (χ1) is 13.1. The van der Waals surface area contributed by atoms with Gasteiger partial charge in [-0.15, -0.1) is 0 Å². The van der Waals surface area contributed by atoms with Gasteiger partial charge < -0.3 is 19.7 Å². The first-order valence-electron chi connectivity index (χ1n) is 9.72. The lowest BCUT2D eigenvalue weighted by atomic mass is 9.96. The molecule has 6 nitrogen and oxygen atoms in total. The molecule has 0 aliphatic heterocycles. The van der Waals surface area contributed by atoms with E-state index in [1.54, 1.807) is 6.07 Å². The minimum absolute atomic E-state index is 0.172. The van der Waals surface area contributed by atoms with Gasteiger partial charge in [-0.3, -0.25) is 0 Å². The highest BCUT2D eigenvalue weighted by molar-refractivity contribution is 6.32. The normalized spacial score (nSPS) is 20.0. The zero-order chi connectivity index (χ0) is 18.9. The van der Waals surface area contributed by atoms with Crippen molar-refractivity contribution in [1.29, 1.82) is 0 Å². The van der Waals surface area contributed by atoms with E-state index in [0.29, 0.717) is 23.2 Å². The van der Waals surface area contributed by atoms with Crippen LogP contribution in [0.4, 0.5) is 0 Å². The lowest BCUT2D eigenvalue weighted by molar-refractivity contribution is 0.0950. The third kappa shape index (κ3) is 4.28. The molecule has 7 heteroatoms. The fourth-order valence-electron chi connectivity index (χ4n) is 3.66. The maximum Gasteiger partial charge on any atom is 0.229 e. The van der Waals surface area contributed by atoms with Crippen LogP contribution in [0.15, 0.2) is 22.7 Å². The van der Waals surface area contributed by atoms with Crippen molar-refractivity contribution in [2.75, 3.05) is 13.2 Å². The van der Waals surface area contributed by atoms with Gasteiger partial charge in [0.1, 0.15) is 18.5 Å². The molecule has 2 fully saturated rings. The Balaban J connectivity index is 1.35. The van der Waals surface area contributed by atoms with Gasteiger partial charge in [0, 0.05) is 12.5 Å². The summed E-state index contributed by atoms with van der Waals surface area (Å²) >= 11 is 6.15. The summed E-state index contributed by atoms with van der Waals surface area (Å²) in [5, 5.41) is 18.7. The Morgan fingerprint density at radius 1 is 1.37 bits per heavy atom. The smallest absolute Gasteiger partial charge is 0.229 e. The Morgan fingerprint density at radius 3 is 2.89 bits per heavy atom. The van der Waals surface area contributed by atoms with E-state index in [1.165, 1.54) is 0 Å². The van der Waals surface area contributed by atoms with Crippen molar-refractivity contribution < 1.29 is 14.4 Å². The van der Waals surface area contributed by atoms with E-state index in [0.717, 1.165) is 55.8 Å². The molecule has 1 atom stereocenters. The molecule has 0 spiro atoms. The van der Waals surface area contributed by atoms with Crippen molar-refractivity contribution in [3.8, 4) is 5.75 Å². The second-order valence-corrected chi connectivity index (χ2v) is 8.21. The van der Waals surface area contributed by atoms with Crippen molar-refractivity contribution in [1.82, 2.24) is 15.5 Å². The standard InChI is InChI=1S/C20H26ClN3O3/c1-13-4-7-16(21)17(10-13)26-12-15(25)11-22-20(8-2-3-9-20)19-23-18(27-24-19)14-5-6-14/h4,7,10,14-15,22,25H,2-3,5-6,8-9,11-12H2,1H3. The molecular formula is C20H26ClN3O3. The predicted octanol–water partition coefficient (Wildman–Crippen LogP) is 3.71. The van der Waals surface area contributed by atoms with E-state index in [-0.39, 0.29) is 12.1 Å². The zero-order valence-corrected chi connectivity index (χ0v) is 16.3. The largest absolute Gasteiger partial charge is 0.489 e. The topological polar surface area (TPSA) is 80.4 Å². The van der Waals surface area contributed by atoms with Crippen LogP contribution in [-0.4, -0.2) is 34.5 Å². The molecule has 0 radical (unpaired) electrons. The summed E-state index contributed by atoms with van der Waals surface area (Å²) in [6.07, 6.45) is 5.76. The number of nitrogens with zero attached hydrogens (tertiary/aromatic N) is 2. The highest BCUT2D eigenvalue weighted by atomic mass is 35.5. The summed E-state index contributed by atoms with van der Waals surface area (Å²) in [6.45, 7) is 2.55. The highest BCUT2D eigenvalue weighted by Crippen LogP contribution is 2.42. The van der Waals surface area contributed by atoms with Gasteiger partial charge in [-0.25, -0.2) is 0 Å². The molecule has 4 rings (SSSR count). The first-order valence-corrected chi connectivity index (χ1v) is 10.1. The molecule has 2 saturated carbocycles. The first kappa shape index (κ1) is 18.7. The van der Waals surface area contributed by atoms with Gasteiger partial charge in [-0.2, -0.15) is 4.98 Å². The quantitative estimate of drug-likeness (QED) is 0.714. The van der Waals surface area contributed by atoms with Crippen LogP contribution < -0.4 is 10.1 Å². The van der Waals surface area contributed by atoms with E-state index in [2.05, 4.69) is 15.5 Å². The van der Waals surface area contributed by atoms with E-state index >= 15 is 0 Å². The van der Waals surface area contributed by atoms with E-state index in [1.807, 2.05) is 19.1 Å².